The highest BCUT2D eigenvalue weighted by Crippen LogP contribution is 2.24. The highest BCUT2D eigenvalue weighted by Gasteiger charge is 2.29. The Morgan fingerprint density at radius 3 is 2.23 bits per heavy atom. The van der Waals surface area contributed by atoms with Gasteiger partial charge in [-0.25, -0.2) is 8.42 Å². The quantitative estimate of drug-likeness (QED) is 0.946. The van der Waals surface area contributed by atoms with Crippen molar-refractivity contribution in [2.24, 2.45) is 0 Å². The topological polar surface area (TPSA) is 57.6 Å². The van der Waals surface area contributed by atoms with Crippen LogP contribution in [0, 0.1) is 0 Å². The van der Waals surface area contributed by atoms with E-state index in [-0.39, 0.29) is 11.4 Å². The van der Waals surface area contributed by atoms with Crippen molar-refractivity contribution < 1.29 is 13.5 Å². The number of aliphatic hydroxyl groups excluding tert-OH is 1. The average Bonchev–Trinajstić information content (AvgIpc) is 2.56. The lowest BCUT2D eigenvalue weighted by Gasteiger charge is -2.29. The molecule has 4 nitrogen and oxygen atoms in total. The van der Waals surface area contributed by atoms with E-state index in [2.05, 4.69) is 0 Å². The van der Waals surface area contributed by atoms with Crippen LogP contribution in [0.15, 0.2) is 59.5 Å². The maximum absolute atomic E-state index is 12.6. The molecule has 2 aromatic rings. The molecule has 116 valence electrons. The number of hydrogen-bond acceptors (Lipinski definition) is 3. The molecule has 0 amide bonds. The lowest BCUT2D eigenvalue weighted by molar-refractivity contribution is 0.108. The van der Waals surface area contributed by atoms with Crippen LogP contribution in [0.3, 0.4) is 0 Å². The first kappa shape index (κ1) is 15.2. The van der Waals surface area contributed by atoms with Crippen molar-refractivity contribution in [2.75, 3.05) is 13.1 Å². The van der Waals surface area contributed by atoms with Gasteiger partial charge in [0.25, 0.3) is 0 Å². The molecular formula is C17H19NO3S. The zero-order valence-corrected chi connectivity index (χ0v) is 13.0. The van der Waals surface area contributed by atoms with Crippen LogP contribution in [0.2, 0.25) is 0 Å². The van der Waals surface area contributed by atoms with E-state index in [1.807, 2.05) is 42.5 Å². The minimum absolute atomic E-state index is 0.183. The Morgan fingerprint density at radius 2 is 1.59 bits per heavy atom. The van der Waals surface area contributed by atoms with Crippen molar-refractivity contribution in [1.29, 1.82) is 0 Å². The van der Waals surface area contributed by atoms with E-state index in [1.54, 1.807) is 12.1 Å². The summed E-state index contributed by atoms with van der Waals surface area (Å²) in [6.45, 7) is 0.655. The van der Waals surface area contributed by atoms with E-state index in [9.17, 15) is 13.5 Å². The summed E-state index contributed by atoms with van der Waals surface area (Å²) in [4.78, 5) is 0.279. The van der Waals surface area contributed by atoms with Crippen LogP contribution in [-0.2, 0) is 10.0 Å². The van der Waals surface area contributed by atoms with E-state index in [1.165, 1.54) is 4.31 Å². The SMILES string of the molecule is O=S(=O)(c1ccc(-c2ccccc2)cc1)N1CCC[C@@H](O)C1. The third-order valence-electron chi connectivity index (χ3n) is 3.96. The predicted octanol–water partition coefficient (Wildman–Crippen LogP) is 2.50. The Balaban J connectivity index is 1.86. The summed E-state index contributed by atoms with van der Waals surface area (Å²) in [7, 11) is -3.52. The Hall–Kier alpha value is -1.69. The number of rotatable bonds is 3. The monoisotopic (exact) mass is 317 g/mol. The van der Waals surface area contributed by atoms with E-state index < -0.39 is 16.1 Å². The van der Waals surface area contributed by atoms with Crippen molar-refractivity contribution in [3.05, 3.63) is 54.6 Å². The summed E-state index contributed by atoms with van der Waals surface area (Å²) in [6.07, 6.45) is 0.800. The third-order valence-corrected chi connectivity index (χ3v) is 5.84. The predicted molar refractivity (Wildman–Crippen MR) is 85.9 cm³/mol. The summed E-state index contributed by atoms with van der Waals surface area (Å²) in [5.74, 6) is 0. The van der Waals surface area contributed by atoms with Gasteiger partial charge in [-0.05, 0) is 36.1 Å². The number of sulfonamides is 1. The van der Waals surface area contributed by atoms with E-state index in [0.29, 0.717) is 19.4 Å². The van der Waals surface area contributed by atoms with Gasteiger partial charge in [0.05, 0.1) is 11.0 Å². The Bertz CT molecular complexity index is 726. The standard InChI is InChI=1S/C17H19NO3S/c19-16-7-4-12-18(13-16)22(20,21)17-10-8-15(9-11-17)14-5-2-1-3-6-14/h1-3,5-6,8-11,16,19H,4,7,12-13H2/t16-/m1/s1. The van der Waals surface area contributed by atoms with Crippen LogP contribution < -0.4 is 0 Å². The first-order valence-electron chi connectivity index (χ1n) is 7.41. The summed E-state index contributed by atoms with van der Waals surface area (Å²) in [6, 6.07) is 16.8. The fourth-order valence-corrected chi connectivity index (χ4v) is 4.25. The molecule has 1 aliphatic rings. The largest absolute Gasteiger partial charge is 0.392 e. The molecule has 1 heterocycles. The molecule has 0 bridgehead atoms. The summed E-state index contributed by atoms with van der Waals surface area (Å²) in [5.41, 5.74) is 2.04. The number of benzene rings is 2. The number of nitrogens with zero attached hydrogens (tertiary/aromatic N) is 1. The molecule has 0 aromatic heterocycles. The zero-order chi connectivity index (χ0) is 15.6. The molecule has 2 aromatic carbocycles. The third kappa shape index (κ3) is 3.06. The molecule has 1 aliphatic heterocycles. The highest BCUT2D eigenvalue weighted by atomic mass is 32.2. The van der Waals surface area contributed by atoms with Crippen LogP contribution in [0.5, 0.6) is 0 Å². The van der Waals surface area contributed by atoms with Gasteiger partial charge >= 0.3 is 0 Å². The second-order valence-electron chi connectivity index (χ2n) is 5.55. The van der Waals surface area contributed by atoms with Crippen molar-refractivity contribution >= 4 is 10.0 Å². The van der Waals surface area contributed by atoms with Crippen molar-refractivity contribution in [2.45, 2.75) is 23.8 Å². The number of β-amino-alcohol motifs (C(OH)–C–C–N with tert-alkyl or cyclic N) is 1. The molecule has 1 atom stereocenters. The maximum atomic E-state index is 12.6. The first-order chi connectivity index (χ1) is 10.6. The fourth-order valence-electron chi connectivity index (χ4n) is 2.74. The summed E-state index contributed by atoms with van der Waals surface area (Å²) < 4.78 is 26.6. The van der Waals surface area contributed by atoms with Crippen LogP contribution in [0.25, 0.3) is 11.1 Å². The fraction of sp³-hybridized carbons (Fsp3) is 0.294. The molecule has 0 unspecified atom stereocenters. The smallest absolute Gasteiger partial charge is 0.243 e. The van der Waals surface area contributed by atoms with Gasteiger partial charge in [-0.15, -0.1) is 0 Å². The number of hydrogen-bond donors (Lipinski definition) is 1. The molecule has 1 fully saturated rings. The normalized spacial score (nSPS) is 20.0. The zero-order valence-electron chi connectivity index (χ0n) is 12.2. The van der Waals surface area contributed by atoms with E-state index >= 15 is 0 Å². The van der Waals surface area contributed by atoms with Gasteiger partial charge in [-0.2, -0.15) is 4.31 Å². The summed E-state index contributed by atoms with van der Waals surface area (Å²) >= 11 is 0. The second-order valence-corrected chi connectivity index (χ2v) is 7.49. The minimum atomic E-state index is -3.52. The lowest BCUT2D eigenvalue weighted by atomic mass is 10.1. The minimum Gasteiger partial charge on any atom is -0.392 e. The van der Waals surface area contributed by atoms with Crippen molar-refractivity contribution in [3.63, 3.8) is 0 Å². The Morgan fingerprint density at radius 1 is 0.955 bits per heavy atom. The molecule has 3 rings (SSSR count). The summed E-state index contributed by atoms with van der Waals surface area (Å²) in [5, 5.41) is 9.68. The van der Waals surface area contributed by atoms with Gasteiger partial charge in [-0.1, -0.05) is 42.5 Å². The lowest BCUT2D eigenvalue weighted by Crippen LogP contribution is -2.42. The van der Waals surface area contributed by atoms with Gasteiger partial charge in [0, 0.05) is 13.1 Å². The Labute approximate surface area is 131 Å². The molecule has 0 saturated carbocycles. The van der Waals surface area contributed by atoms with Gasteiger partial charge < -0.3 is 5.11 Å². The molecule has 0 spiro atoms. The molecular weight excluding hydrogens is 298 g/mol. The Kier molecular flexibility index (Phi) is 4.29. The van der Waals surface area contributed by atoms with E-state index in [4.69, 9.17) is 0 Å². The van der Waals surface area contributed by atoms with Gasteiger partial charge in [0.2, 0.25) is 10.0 Å². The van der Waals surface area contributed by atoms with Gasteiger partial charge in [-0.3, -0.25) is 0 Å². The molecule has 1 N–H and O–H groups in total. The second kappa shape index (κ2) is 6.20. The number of piperidine rings is 1. The molecule has 0 aliphatic carbocycles. The molecule has 5 heteroatoms. The number of aliphatic hydroxyl groups is 1. The van der Waals surface area contributed by atoms with Crippen LogP contribution in [0.4, 0.5) is 0 Å². The van der Waals surface area contributed by atoms with Gasteiger partial charge in [0.1, 0.15) is 0 Å². The average molecular weight is 317 g/mol. The van der Waals surface area contributed by atoms with Crippen molar-refractivity contribution in [3.8, 4) is 11.1 Å². The molecule has 0 radical (unpaired) electrons. The highest BCUT2D eigenvalue weighted by molar-refractivity contribution is 7.89. The van der Waals surface area contributed by atoms with Crippen LogP contribution in [0.1, 0.15) is 12.8 Å². The first-order valence-corrected chi connectivity index (χ1v) is 8.85. The maximum Gasteiger partial charge on any atom is 0.243 e. The van der Waals surface area contributed by atoms with E-state index in [0.717, 1.165) is 11.1 Å². The van der Waals surface area contributed by atoms with Crippen LogP contribution >= 0.6 is 0 Å². The van der Waals surface area contributed by atoms with Crippen LogP contribution in [-0.4, -0.2) is 37.0 Å². The van der Waals surface area contributed by atoms with Crippen molar-refractivity contribution in [1.82, 2.24) is 4.31 Å². The molecule has 22 heavy (non-hydrogen) atoms. The van der Waals surface area contributed by atoms with Gasteiger partial charge in [0.15, 0.2) is 0 Å². The molecule has 1 saturated heterocycles.